The van der Waals surface area contributed by atoms with Gasteiger partial charge in [-0.3, -0.25) is 4.90 Å². The second kappa shape index (κ2) is 6.80. The Labute approximate surface area is 123 Å². The van der Waals surface area contributed by atoms with Crippen LogP contribution in [-0.2, 0) is 10.0 Å². The summed E-state index contributed by atoms with van der Waals surface area (Å²) in [4.78, 5) is 1.26. The van der Waals surface area contributed by atoms with Crippen LogP contribution < -0.4 is 5.32 Å². The van der Waals surface area contributed by atoms with E-state index in [1.807, 2.05) is 0 Å². The van der Waals surface area contributed by atoms with Crippen molar-refractivity contribution in [2.45, 2.75) is 19.0 Å². The zero-order chi connectivity index (χ0) is 15.5. The molecular weight excluding hydrogens is 307 g/mol. The van der Waals surface area contributed by atoms with Gasteiger partial charge >= 0.3 is 6.18 Å². The number of halogens is 3. The molecule has 0 aromatic rings. The molecule has 124 valence electrons. The molecule has 0 aromatic heterocycles. The molecule has 2 saturated heterocycles. The van der Waals surface area contributed by atoms with Crippen LogP contribution in [0.3, 0.4) is 0 Å². The van der Waals surface area contributed by atoms with Crippen LogP contribution in [0.4, 0.5) is 13.2 Å². The van der Waals surface area contributed by atoms with E-state index < -0.39 is 22.7 Å². The Bertz CT molecular complexity index is 428. The van der Waals surface area contributed by atoms with Crippen LogP contribution in [0.2, 0.25) is 0 Å². The molecule has 0 spiro atoms. The van der Waals surface area contributed by atoms with Gasteiger partial charge in [0.15, 0.2) is 0 Å². The highest BCUT2D eigenvalue weighted by atomic mass is 32.2. The SMILES string of the molecule is O=S(=O)(CC1CCCNC1)N1CCN(CC(F)(F)F)CC1. The van der Waals surface area contributed by atoms with E-state index in [2.05, 4.69) is 5.32 Å². The topological polar surface area (TPSA) is 52.7 Å². The summed E-state index contributed by atoms with van der Waals surface area (Å²) in [5.74, 6) is 0.205. The van der Waals surface area contributed by atoms with Crippen LogP contribution in [0.25, 0.3) is 0 Å². The number of hydrogen-bond acceptors (Lipinski definition) is 4. The summed E-state index contributed by atoms with van der Waals surface area (Å²) in [7, 11) is -3.36. The Morgan fingerprint density at radius 1 is 1.14 bits per heavy atom. The molecule has 0 bridgehead atoms. The van der Waals surface area contributed by atoms with Crippen molar-refractivity contribution in [1.29, 1.82) is 0 Å². The minimum absolute atomic E-state index is 0.0965. The van der Waals surface area contributed by atoms with Crippen LogP contribution >= 0.6 is 0 Å². The van der Waals surface area contributed by atoms with Crippen molar-refractivity contribution in [3.05, 3.63) is 0 Å². The highest BCUT2D eigenvalue weighted by molar-refractivity contribution is 7.89. The molecule has 9 heteroatoms. The average molecular weight is 329 g/mol. The van der Waals surface area contributed by atoms with Crippen LogP contribution in [0, 0.1) is 5.92 Å². The zero-order valence-corrected chi connectivity index (χ0v) is 12.7. The molecule has 0 saturated carbocycles. The lowest BCUT2D eigenvalue weighted by molar-refractivity contribution is -0.148. The largest absolute Gasteiger partial charge is 0.401 e. The van der Waals surface area contributed by atoms with Gasteiger partial charge in [-0.2, -0.15) is 17.5 Å². The molecule has 1 unspecified atom stereocenters. The van der Waals surface area contributed by atoms with Crippen molar-refractivity contribution < 1.29 is 21.6 Å². The van der Waals surface area contributed by atoms with Crippen molar-refractivity contribution in [1.82, 2.24) is 14.5 Å². The van der Waals surface area contributed by atoms with E-state index in [0.717, 1.165) is 19.4 Å². The second-order valence-electron chi connectivity index (χ2n) is 5.78. The fourth-order valence-electron chi connectivity index (χ4n) is 2.89. The van der Waals surface area contributed by atoms with E-state index in [4.69, 9.17) is 0 Å². The molecule has 2 aliphatic heterocycles. The molecule has 0 aromatic carbocycles. The third-order valence-electron chi connectivity index (χ3n) is 3.97. The number of sulfonamides is 1. The number of hydrogen-bond donors (Lipinski definition) is 1. The van der Waals surface area contributed by atoms with Gasteiger partial charge in [0, 0.05) is 26.2 Å². The maximum Gasteiger partial charge on any atom is 0.401 e. The van der Waals surface area contributed by atoms with E-state index in [0.29, 0.717) is 6.54 Å². The fraction of sp³-hybridized carbons (Fsp3) is 1.00. The molecule has 2 heterocycles. The Kier molecular flexibility index (Phi) is 5.50. The lowest BCUT2D eigenvalue weighted by atomic mass is 10.0. The minimum Gasteiger partial charge on any atom is -0.316 e. The zero-order valence-electron chi connectivity index (χ0n) is 11.9. The van der Waals surface area contributed by atoms with E-state index >= 15 is 0 Å². The van der Waals surface area contributed by atoms with Gasteiger partial charge < -0.3 is 5.32 Å². The van der Waals surface area contributed by atoms with Crippen LogP contribution in [0.15, 0.2) is 0 Å². The molecular formula is C12H22F3N3O2S. The Morgan fingerprint density at radius 3 is 2.33 bits per heavy atom. The number of rotatable bonds is 4. The molecule has 0 amide bonds. The van der Waals surface area contributed by atoms with E-state index in [-0.39, 0.29) is 37.8 Å². The molecule has 0 radical (unpaired) electrons. The number of nitrogens with one attached hydrogen (secondary N) is 1. The van der Waals surface area contributed by atoms with Crippen molar-refractivity contribution >= 4 is 10.0 Å². The van der Waals surface area contributed by atoms with Gasteiger partial charge in [0.25, 0.3) is 0 Å². The summed E-state index contributed by atoms with van der Waals surface area (Å²) >= 11 is 0. The summed E-state index contributed by atoms with van der Waals surface area (Å²) < 4.78 is 62.8. The van der Waals surface area contributed by atoms with Gasteiger partial charge in [0.1, 0.15) is 0 Å². The Balaban J connectivity index is 1.82. The fourth-order valence-corrected chi connectivity index (χ4v) is 4.70. The average Bonchev–Trinajstić information content (AvgIpc) is 2.38. The normalized spacial score (nSPS) is 26.9. The van der Waals surface area contributed by atoms with Crippen LogP contribution in [0.1, 0.15) is 12.8 Å². The molecule has 1 N–H and O–H groups in total. The van der Waals surface area contributed by atoms with Gasteiger partial charge in [-0.1, -0.05) is 0 Å². The first-order valence-electron chi connectivity index (χ1n) is 7.24. The Morgan fingerprint density at radius 2 is 1.81 bits per heavy atom. The molecule has 5 nitrogen and oxygen atoms in total. The van der Waals surface area contributed by atoms with Crippen molar-refractivity contribution in [3.8, 4) is 0 Å². The first kappa shape index (κ1) is 17.0. The van der Waals surface area contributed by atoms with Gasteiger partial charge in [-0.05, 0) is 31.8 Å². The highest BCUT2D eigenvalue weighted by Gasteiger charge is 2.35. The number of piperidine rings is 1. The predicted molar refractivity (Wildman–Crippen MR) is 73.4 cm³/mol. The summed E-state index contributed by atoms with van der Waals surface area (Å²) in [5.41, 5.74) is 0. The molecule has 2 aliphatic rings. The lowest BCUT2D eigenvalue weighted by Crippen LogP contribution is -2.52. The molecule has 2 fully saturated rings. The Hall–Kier alpha value is -0.380. The van der Waals surface area contributed by atoms with Gasteiger partial charge in [0.2, 0.25) is 10.0 Å². The molecule has 2 rings (SSSR count). The maximum absolute atomic E-state index is 12.3. The highest BCUT2D eigenvalue weighted by Crippen LogP contribution is 2.20. The predicted octanol–water partition coefficient (Wildman–Crippen LogP) is 0.496. The van der Waals surface area contributed by atoms with Gasteiger partial charge in [-0.25, -0.2) is 8.42 Å². The van der Waals surface area contributed by atoms with Gasteiger partial charge in [-0.15, -0.1) is 0 Å². The van der Waals surface area contributed by atoms with Crippen molar-refractivity contribution in [3.63, 3.8) is 0 Å². The summed E-state index contributed by atoms with van der Waals surface area (Å²) in [6.07, 6.45) is -2.37. The summed E-state index contributed by atoms with van der Waals surface area (Å²) in [6, 6.07) is 0. The summed E-state index contributed by atoms with van der Waals surface area (Å²) in [6.45, 7) is 1.24. The second-order valence-corrected chi connectivity index (χ2v) is 7.79. The third kappa shape index (κ3) is 5.39. The quantitative estimate of drug-likeness (QED) is 0.816. The van der Waals surface area contributed by atoms with Crippen LogP contribution in [0.5, 0.6) is 0 Å². The smallest absolute Gasteiger partial charge is 0.316 e. The number of piperazine rings is 1. The van der Waals surface area contributed by atoms with Crippen LogP contribution in [-0.4, -0.2) is 75.4 Å². The molecule has 21 heavy (non-hydrogen) atoms. The van der Waals surface area contributed by atoms with E-state index in [1.165, 1.54) is 9.21 Å². The lowest BCUT2D eigenvalue weighted by Gasteiger charge is -2.35. The van der Waals surface area contributed by atoms with Gasteiger partial charge in [0.05, 0.1) is 12.3 Å². The summed E-state index contributed by atoms with van der Waals surface area (Å²) in [5, 5.41) is 3.18. The van der Waals surface area contributed by atoms with E-state index in [9.17, 15) is 21.6 Å². The molecule has 1 atom stereocenters. The first-order chi connectivity index (χ1) is 9.76. The minimum atomic E-state index is -4.23. The first-order valence-corrected chi connectivity index (χ1v) is 8.85. The maximum atomic E-state index is 12.3. The third-order valence-corrected chi connectivity index (χ3v) is 6.02. The molecule has 0 aliphatic carbocycles. The monoisotopic (exact) mass is 329 g/mol. The standard InChI is InChI=1S/C12H22F3N3O2S/c13-12(14,15)10-17-4-6-18(7-5-17)21(19,20)9-11-2-1-3-16-8-11/h11,16H,1-10H2. The van der Waals surface area contributed by atoms with E-state index in [1.54, 1.807) is 0 Å². The number of alkyl halides is 3. The van der Waals surface area contributed by atoms with Crippen molar-refractivity contribution in [2.24, 2.45) is 5.92 Å². The number of nitrogens with zero attached hydrogens (tertiary/aromatic N) is 2. The van der Waals surface area contributed by atoms with Crippen molar-refractivity contribution in [2.75, 3.05) is 51.6 Å².